The monoisotopic (exact) mass is 223 g/mol. The van der Waals surface area contributed by atoms with Gasteiger partial charge in [0.1, 0.15) is 11.5 Å². The molecule has 1 aromatic rings. The summed E-state index contributed by atoms with van der Waals surface area (Å²) in [4.78, 5) is 21.1. The third kappa shape index (κ3) is 3.77. The molecule has 0 aliphatic rings. The fourth-order valence-corrected chi connectivity index (χ4v) is 1.46. The van der Waals surface area contributed by atoms with Crippen LogP contribution < -0.4 is 0 Å². The molecule has 0 fully saturated rings. The molecule has 0 saturated carbocycles. The Kier molecular flexibility index (Phi) is 4.68. The predicted molar refractivity (Wildman–Crippen MR) is 64.8 cm³/mol. The van der Waals surface area contributed by atoms with Gasteiger partial charge in [-0.15, -0.1) is 0 Å². The van der Waals surface area contributed by atoms with Crippen LogP contribution in [0.2, 0.25) is 0 Å². The summed E-state index contributed by atoms with van der Waals surface area (Å²) in [6, 6.07) is 0. The first-order valence-corrected chi connectivity index (χ1v) is 5.73. The second-order valence-electron chi connectivity index (χ2n) is 4.67. The number of carbonyl (C=O) groups is 1. The van der Waals surface area contributed by atoms with E-state index in [-0.39, 0.29) is 5.78 Å². The lowest BCUT2D eigenvalue weighted by atomic mass is 10.2. The first kappa shape index (κ1) is 12.9. The van der Waals surface area contributed by atoms with Crippen LogP contribution in [0.4, 0.5) is 0 Å². The highest BCUT2D eigenvalue weighted by Crippen LogP contribution is 2.11. The molecule has 90 valence electrons. The molecule has 0 aliphatic heterocycles. The van der Waals surface area contributed by atoms with Crippen LogP contribution in [0.1, 0.15) is 48.9 Å². The number of nitrogens with zero attached hydrogens (tertiary/aromatic N) is 2. The molecule has 0 radical (unpaired) electrons. The maximum atomic E-state index is 11.8. The van der Waals surface area contributed by atoms with Gasteiger partial charge in [0.25, 0.3) is 0 Å². The summed E-state index contributed by atoms with van der Waals surface area (Å²) in [6.07, 6.45) is 3.12. The van der Waals surface area contributed by atoms with Gasteiger partial charge < -0.3 is 9.88 Å². The highest BCUT2D eigenvalue weighted by atomic mass is 16.1. The van der Waals surface area contributed by atoms with Gasteiger partial charge >= 0.3 is 0 Å². The molecule has 1 heterocycles. The van der Waals surface area contributed by atoms with Crippen LogP contribution in [0, 0.1) is 0 Å². The summed E-state index contributed by atoms with van der Waals surface area (Å²) in [7, 11) is 4.02. The Morgan fingerprint density at radius 3 is 2.69 bits per heavy atom. The third-order valence-corrected chi connectivity index (χ3v) is 2.45. The molecule has 1 rings (SSSR count). The number of rotatable bonds is 6. The second-order valence-corrected chi connectivity index (χ2v) is 4.67. The summed E-state index contributed by atoms with van der Waals surface area (Å²) in [6.45, 7) is 5.05. The number of ketones is 1. The van der Waals surface area contributed by atoms with Gasteiger partial charge in [-0.1, -0.05) is 13.8 Å². The number of imidazole rings is 1. The molecule has 0 unspecified atom stereocenters. The molecule has 4 heteroatoms. The Balaban J connectivity index is 2.46. The zero-order chi connectivity index (χ0) is 12.1. The number of nitrogens with one attached hydrogen (secondary N) is 1. The molecule has 0 spiro atoms. The lowest BCUT2D eigenvalue weighted by Gasteiger charge is -2.07. The van der Waals surface area contributed by atoms with E-state index in [4.69, 9.17) is 0 Å². The first-order chi connectivity index (χ1) is 7.50. The average Bonchev–Trinajstić information content (AvgIpc) is 2.65. The van der Waals surface area contributed by atoms with Crippen LogP contribution in [0.3, 0.4) is 0 Å². The molecule has 0 bridgehead atoms. The van der Waals surface area contributed by atoms with Crippen LogP contribution in [-0.4, -0.2) is 41.3 Å². The number of hydrogen-bond donors (Lipinski definition) is 1. The van der Waals surface area contributed by atoms with Crippen molar-refractivity contribution < 1.29 is 4.79 Å². The highest BCUT2D eigenvalue weighted by molar-refractivity contribution is 5.94. The van der Waals surface area contributed by atoms with Gasteiger partial charge in [0, 0.05) is 12.3 Å². The van der Waals surface area contributed by atoms with Crippen LogP contribution in [0.5, 0.6) is 0 Å². The van der Waals surface area contributed by atoms with E-state index in [1.807, 2.05) is 14.1 Å². The number of aromatic amines is 1. The minimum absolute atomic E-state index is 0.154. The van der Waals surface area contributed by atoms with Crippen LogP contribution in [0.25, 0.3) is 0 Å². The van der Waals surface area contributed by atoms with Crippen molar-refractivity contribution in [3.8, 4) is 0 Å². The molecule has 0 amide bonds. The Morgan fingerprint density at radius 1 is 1.50 bits per heavy atom. The maximum Gasteiger partial charge on any atom is 0.180 e. The number of carbonyl (C=O) groups excluding carboxylic acids is 1. The highest BCUT2D eigenvalue weighted by Gasteiger charge is 2.11. The second kappa shape index (κ2) is 5.80. The topological polar surface area (TPSA) is 49.0 Å². The van der Waals surface area contributed by atoms with E-state index in [9.17, 15) is 4.79 Å². The fraction of sp³-hybridized carbons (Fsp3) is 0.667. The number of H-pyrrole nitrogens is 1. The van der Waals surface area contributed by atoms with E-state index in [1.165, 1.54) is 0 Å². The first-order valence-electron chi connectivity index (χ1n) is 5.73. The molecule has 4 nitrogen and oxygen atoms in total. The minimum Gasteiger partial charge on any atom is -0.339 e. The summed E-state index contributed by atoms with van der Waals surface area (Å²) < 4.78 is 0. The number of hydrogen-bond acceptors (Lipinski definition) is 3. The molecular weight excluding hydrogens is 202 g/mol. The Hall–Kier alpha value is -1.16. The molecule has 0 saturated heterocycles. The summed E-state index contributed by atoms with van der Waals surface area (Å²) in [5.74, 6) is 1.38. The van der Waals surface area contributed by atoms with Gasteiger partial charge in [-0.05, 0) is 27.1 Å². The lowest BCUT2D eigenvalue weighted by Crippen LogP contribution is -2.14. The van der Waals surface area contributed by atoms with Crippen molar-refractivity contribution in [3.05, 3.63) is 17.7 Å². The van der Waals surface area contributed by atoms with Gasteiger partial charge in [-0.3, -0.25) is 4.79 Å². The van der Waals surface area contributed by atoms with Gasteiger partial charge in [-0.2, -0.15) is 0 Å². The van der Waals surface area contributed by atoms with Crippen LogP contribution in [-0.2, 0) is 0 Å². The number of aromatic nitrogens is 2. The van der Waals surface area contributed by atoms with E-state index >= 15 is 0 Å². The molecule has 0 aromatic carbocycles. The Labute approximate surface area is 97.1 Å². The normalized spacial score (nSPS) is 11.4. The molecular formula is C12H21N3O. The molecule has 1 N–H and O–H groups in total. The maximum absolute atomic E-state index is 11.8. The van der Waals surface area contributed by atoms with Crippen molar-refractivity contribution in [1.82, 2.24) is 14.9 Å². The Bertz CT molecular complexity index is 342. The van der Waals surface area contributed by atoms with Gasteiger partial charge in [0.2, 0.25) is 0 Å². The lowest BCUT2D eigenvalue weighted by molar-refractivity contribution is 0.0973. The zero-order valence-electron chi connectivity index (χ0n) is 10.6. The van der Waals surface area contributed by atoms with Crippen molar-refractivity contribution in [1.29, 1.82) is 0 Å². The zero-order valence-corrected chi connectivity index (χ0v) is 10.6. The molecule has 0 aliphatic carbocycles. The van der Waals surface area contributed by atoms with E-state index in [2.05, 4.69) is 28.7 Å². The average molecular weight is 223 g/mol. The van der Waals surface area contributed by atoms with Crippen molar-refractivity contribution >= 4 is 5.78 Å². The standard InChI is InChI=1S/C12H21N3O/c1-9(2)12-13-8-10(14-12)11(16)6-5-7-15(3)4/h8-9H,5-7H2,1-4H3,(H,13,14). The van der Waals surface area contributed by atoms with E-state index < -0.39 is 0 Å². The summed E-state index contributed by atoms with van der Waals surface area (Å²) >= 11 is 0. The molecule has 1 aromatic heterocycles. The van der Waals surface area contributed by atoms with Crippen LogP contribution >= 0.6 is 0 Å². The van der Waals surface area contributed by atoms with Gasteiger partial charge in [0.15, 0.2) is 5.78 Å². The van der Waals surface area contributed by atoms with Gasteiger partial charge in [-0.25, -0.2) is 4.98 Å². The van der Waals surface area contributed by atoms with Crippen molar-refractivity contribution in [2.45, 2.75) is 32.6 Å². The van der Waals surface area contributed by atoms with Crippen LogP contribution in [0.15, 0.2) is 6.20 Å². The van der Waals surface area contributed by atoms with Crippen molar-refractivity contribution in [3.63, 3.8) is 0 Å². The molecule has 16 heavy (non-hydrogen) atoms. The van der Waals surface area contributed by atoms with Gasteiger partial charge in [0.05, 0.1) is 6.20 Å². The third-order valence-electron chi connectivity index (χ3n) is 2.45. The van der Waals surface area contributed by atoms with E-state index in [1.54, 1.807) is 6.20 Å². The summed E-state index contributed by atoms with van der Waals surface area (Å²) in [5, 5.41) is 0. The van der Waals surface area contributed by atoms with Crippen molar-refractivity contribution in [2.24, 2.45) is 0 Å². The summed E-state index contributed by atoms with van der Waals surface area (Å²) in [5.41, 5.74) is 0.641. The fourth-order valence-electron chi connectivity index (χ4n) is 1.46. The number of Topliss-reactive ketones (excluding diaryl/α,β-unsaturated/α-hetero) is 1. The quantitative estimate of drug-likeness (QED) is 0.751. The van der Waals surface area contributed by atoms with E-state index in [0.717, 1.165) is 18.8 Å². The smallest absolute Gasteiger partial charge is 0.180 e. The SMILES string of the molecule is CC(C)c1ncc(C(=O)CCCN(C)C)[nH]1. The predicted octanol–water partition coefficient (Wildman–Crippen LogP) is 2.06. The van der Waals surface area contributed by atoms with Crippen molar-refractivity contribution in [2.75, 3.05) is 20.6 Å². The van der Waals surface area contributed by atoms with E-state index in [0.29, 0.717) is 18.0 Å². The minimum atomic E-state index is 0.154. The molecule has 0 atom stereocenters. The Morgan fingerprint density at radius 2 is 2.19 bits per heavy atom. The largest absolute Gasteiger partial charge is 0.339 e.